The fourth-order valence-corrected chi connectivity index (χ4v) is 3.45. The van der Waals surface area contributed by atoms with Crippen LogP contribution in [0.4, 0.5) is 0 Å². The van der Waals surface area contributed by atoms with Gasteiger partial charge < -0.3 is 5.32 Å². The van der Waals surface area contributed by atoms with E-state index in [2.05, 4.69) is 56.6 Å². The molecular weight excluding hydrogens is 228 g/mol. The normalized spacial score (nSPS) is 22.9. The molecule has 0 bridgehead atoms. The van der Waals surface area contributed by atoms with Crippen molar-refractivity contribution in [2.24, 2.45) is 5.92 Å². The lowest BCUT2D eigenvalue weighted by molar-refractivity contribution is 0.189. The summed E-state index contributed by atoms with van der Waals surface area (Å²) in [4.78, 5) is 2.66. The third kappa shape index (κ3) is 6.12. The van der Waals surface area contributed by atoms with Crippen molar-refractivity contribution in [3.05, 3.63) is 0 Å². The monoisotopic (exact) mass is 258 g/mol. The van der Waals surface area contributed by atoms with E-state index in [4.69, 9.17) is 0 Å². The van der Waals surface area contributed by atoms with Crippen molar-refractivity contribution in [3.63, 3.8) is 0 Å². The topological polar surface area (TPSA) is 15.3 Å². The van der Waals surface area contributed by atoms with Gasteiger partial charge in [0.25, 0.3) is 0 Å². The van der Waals surface area contributed by atoms with E-state index in [0.29, 0.717) is 4.75 Å². The molecule has 1 aliphatic heterocycles. The van der Waals surface area contributed by atoms with Crippen LogP contribution in [-0.2, 0) is 0 Å². The third-order valence-corrected chi connectivity index (χ3v) is 4.67. The Morgan fingerprint density at radius 2 is 2.00 bits per heavy atom. The van der Waals surface area contributed by atoms with Crippen LogP contribution < -0.4 is 5.32 Å². The number of hydrogen-bond acceptors (Lipinski definition) is 3. The summed E-state index contributed by atoms with van der Waals surface area (Å²) in [6, 6.07) is 0.717. The van der Waals surface area contributed by atoms with Gasteiger partial charge in [-0.1, -0.05) is 13.8 Å². The van der Waals surface area contributed by atoms with Crippen LogP contribution in [0, 0.1) is 5.92 Å². The SMILES string of the molecule is CC(C)CNCCC(C)N1CCSC(C)(C)C1. The van der Waals surface area contributed by atoms with Gasteiger partial charge >= 0.3 is 0 Å². The quantitative estimate of drug-likeness (QED) is 0.738. The van der Waals surface area contributed by atoms with Gasteiger partial charge in [0, 0.05) is 29.6 Å². The van der Waals surface area contributed by atoms with Crippen LogP contribution in [0.25, 0.3) is 0 Å². The largest absolute Gasteiger partial charge is 0.316 e. The Kier molecular flexibility index (Phi) is 6.32. The second-order valence-electron chi connectivity index (χ2n) is 6.31. The van der Waals surface area contributed by atoms with E-state index in [-0.39, 0.29) is 0 Å². The molecule has 0 saturated carbocycles. The Balaban J connectivity index is 2.20. The number of nitrogens with zero attached hydrogens (tertiary/aromatic N) is 1. The number of hydrogen-bond donors (Lipinski definition) is 1. The molecule has 2 nitrogen and oxygen atoms in total. The van der Waals surface area contributed by atoms with E-state index < -0.39 is 0 Å². The lowest BCUT2D eigenvalue weighted by Gasteiger charge is -2.40. The molecule has 0 radical (unpaired) electrons. The van der Waals surface area contributed by atoms with E-state index >= 15 is 0 Å². The predicted octanol–water partition coefficient (Wildman–Crippen LogP) is 2.84. The maximum atomic E-state index is 3.54. The zero-order chi connectivity index (χ0) is 12.9. The lowest BCUT2D eigenvalue weighted by Crippen LogP contribution is -2.47. The second kappa shape index (κ2) is 7.01. The van der Waals surface area contributed by atoms with Crippen LogP contribution >= 0.6 is 11.8 Å². The maximum absolute atomic E-state index is 3.54. The average Bonchev–Trinajstić information content (AvgIpc) is 2.22. The van der Waals surface area contributed by atoms with E-state index in [0.717, 1.165) is 25.0 Å². The average molecular weight is 258 g/mol. The molecule has 0 aromatic heterocycles. The Morgan fingerprint density at radius 3 is 2.59 bits per heavy atom. The zero-order valence-corrected chi connectivity index (χ0v) is 13.1. The van der Waals surface area contributed by atoms with Crippen molar-refractivity contribution in [1.29, 1.82) is 0 Å². The molecule has 0 aliphatic carbocycles. The lowest BCUT2D eigenvalue weighted by atomic mass is 10.1. The van der Waals surface area contributed by atoms with Gasteiger partial charge in [-0.05, 0) is 46.2 Å². The van der Waals surface area contributed by atoms with Crippen molar-refractivity contribution >= 4 is 11.8 Å². The van der Waals surface area contributed by atoms with E-state index in [9.17, 15) is 0 Å². The van der Waals surface area contributed by atoms with Crippen molar-refractivity contribution in [2.45, 2.75) is 51.8 Å². The molecule has 1 heterocycles. The minimum atomic E-state index is 0.442. The Labute approximate surface area is 112 Å². The van der Waals surface area contributed by atoms with Gasteiger partial charge in [0.15, 0.2) is 0 Å². The predicted molar refractivity (Wildman–Crippen MR) is 79.9 cm³/mol. The number of rotatable bonds is 6. The van der Waals surface area contributed by atoms with E-state index in [1.54, 1.807) is 0 Å². The molecule has 1 fully saturated rings. The first-order valence-electron chi connectivity index (χ1n) is 6.99. The first-order valence-corrected chi connectivity index (χ1v) is 7.98. The molecule has 1 atom stereocenters. The summed E-state index contributed by atoms with van der Waals surface area (Å²) in [5.74, 6) is 2.05. The van der Waals surface area contributed by atoms with Crippen LogP contribution in [0.3, 0.4) is 0 Å². The van der Waals surface area contributed by atoms with Gasteiger partial charge in [0.2, 0.25) is 0 Å². The molecular formula is C14H30N2S. The first-order chi connectivity index (χ1) is 7.91. The summed E-state index contributed by atoms with van der Waals surface area (Å²) in [7, 11) is 0. The molecule has 1 saturated heterocycles. The second-order valence-corrected chi connectivity index (χ2v) is 8.12. The number of nitrogens with one attached hydrogen (secondary N) is 1. The molecule has 102 valence electrons. The molecule has 1 unspecified atom stereocenters. The van der Waals surface area contributed by atoms with E-state index in [1.165, 1.54) is 25.3 Å². The minimum Gasteiger partial charge on any atom is -0.316 e. The van der Waals surface area contributed by atoms with Crippen molar-refractivity contribution in [3.8, 4) is 0 Å². The molecule has 1 N–H and O–H groups in total. The summed E-state index contributed by atoms with van der Waals surface area (Å²) in [5.41, 5.74) is 0. The van der Waals surface area contributed by atoms with Gasteiger partial charge in [0.1, 0.15) is 0 Å². The van der Waals surface area contributed by atoms with Crippen molar-refractivity contribution in [2.75, 3.05) is 31.9 Å². The molecule has 0 amide bonds. The van der Waals surface area contributed by atoms with E-state index in [1.807, 2.05) is 0 Å². The summed E-state index contributed by atoms with van der Waals surface area (Å²) in [6.07, 6.45) is 1.27. The highest BCUT2D eigenvalue weighted by molar-refractivity contribution is 8.00. The highest BCUT2D eigenvalue weighted by Gasteiger charge is 2.29. The molecule has 0 aromatic carbocycles. The smallest absolute Gasteiger partial charge is 0.0231 e. The molecule has 1 aliphatic rings. The fraction of sp³-hybridized carbons (Fsp3) is 1.00. The summed E-state index contributed by atoms with van der Waals surface area (Å²) in [5, 5.41) is 3.54. The Bertz CT molecular complexity index is 216. The van der Waals surface area contributed by atoms with Crippen LogP contribution in [0.15, 0.2) is 0 Å². The fourth-order valence-electron chi connectivity index (χ4n) is 2.31. The summed E-state index contributed by atoms with van der Waals surface area (Å²) < 4.78 is 0.442. The molecule has 17 heavy (non-hydrogen) atoms. The molecule has 3 heteroatoms. The van der Waals surface area contributed by atoms with Gasteiger partial charge in [-0.3, -0.25) is 4.90 Å². The zero-order valence-electron chi connectivity index (χ0n) is 12.3. The molecule has 1 rings (SSSR count). The van der Waals surface area contributed by atoms with Crippen LogP contribution in [0.1, 0.15) is 41.0 Å². The van der Waals surface area contributed by atoms with Gasteiger partial charge in [-0.2, -0.15) is 11.8 Å². The minimum absolute atomic E-state index is 0.442. The highest BCUT2D eigenvalue weighted by Crippen LogP contribution is 2.30. The Hall–Kier alpha value is 0.270. The van der Waals surface area contributed by atoms with Gasteiger partial charge in [0.05, 0.1) is 0 Å². The first kappa shape index (κ1) is 15.3. The van der Waals surface area contributed by atoms with Gasteiger partial charge in [-0.15, -0.1) is 0 Å². The van der Waals surface area contributed by atoms with Crippen LogP contribution in [-0.4, -0.2) is 47.6 Å². The summed E-state index contributed by atoms with van der Waals surface area (Å²) in [6.45, 7) is 16.5. The van der Waals surface area contributed by atoms with Gasteiger partial charge in [-0.25, -0.2) is 0 Å². The highest BCUT2D eigenvalue weighted by atomic mass is 32.2. The van der Waals surface area contributed by atoms with Crippen LogP contribution in [0.5, 0.6) is 0 Å². The molecule has 0 aromatic rings. The molecule has 0 spiro atoms. The maximum Gasteiger partial charge on any atom is 0.0231 e. The van der Waals surface area contributed by atoms with Crippen molar-refractivity contribution < 1.29 is 0 Å². The standard InChI is InChI=1S/C14H30N2S/c1-12(2)10-15-7-6-13(3)16-8-9-17-14(4,5)11-16/h12-13,15H,6-11H2,1-5H3. The Morgan fingerprint density at radius 1 is 1.29 bits per heavy atom. The number of thioether (sulfide) groups is 1. The third-order valence-electron chi connectivity index (χ3n) is 3.37. The van der Waals surface area contributed by atoms with Crippen molar-refractivity contribution in [1.82, 2.24) is 10.2 Å². The van der Waals surface area contributed by atoms with Crippen LogP contribution in [0.2, 0.25) is 0 Å². The summed E-state index contributed by atoms with van der Waals surface area (Å²) >= 11 is 2.12.